The lowest BCUT2D eigenvalue weighted by atomic mass is 10.1. The Morgan fingerprint density at radius 2 is 2.00 bits per heavy atom. The van der Waals surface area contributed by atoms with E-state index in [9.17, 15) is 0 Å². The van der Waals surface area contributed by atoms with Crippen LogP contribution in [0.5, 0.6) is 0 Å². The zero-order valence-electron chi connectivity index (χ0n) is 12.8. The largest absolute Gasteiger partial charge is 0.307 e. The number of aryl methyl sites for hydroxylation is 1. The first kappa shape index (κ1) is 14.2. The molecule has 3 heteroatoms. The van der Waals surface area contributed by atoms with Crippen LogP contribution in [-0.4, -0.2) is 30.5 Å². The fourth-order valence-electron chi connectivity index (χ4n) is 3.14. The highest BCUT2D eigenvalue weighted by atomic mass is 15.1. The quantitative estimate of drug-likeness (QED) is 0.913. The second-order valence-corrected chi connectivity index (χ2v) is 5.94. The SMILES string of the molecule is CN(C)C(CNC1CCc2cccnc21)c1ccccc1. The second kappa shape index (κ2) is 6.37. The monoisotopic (exact) mass is 281 g/mol. The van der Waals surface area contributed by atoms with Crippen molar-refractivity contribution < 1.29 is 0 Å². The molecule has 1 aliphatic rings. The highest BCUT2D eigenvalue weighted by Gasteiger charge is 2.24. The Morgan fingerprint density at radius 3 is 2.76 bits per heavy atom. The molecule has 3 rings (SSSR count). The summed E-state index contributed by atoms with van der Waals surface area (Å²) in [6, 6.07) is 15.7. The van der Waals surface area contributed by atoms with Crippen molar-refractivity contribution in [1.29, 1.82) is 0 Å². The lowest BCUT2D eigenvalue weighted by Gasteiger charge is -2.27. The minimum Gasteiger partial charge on any atom is -0.307 e. The third-order valence-corrected chi connectivity index (χ3v) is 4.32. The Morgan fingerprint density at radius 1 is 1.19 bits per heavy atom. The summed E-state index contributed by atoms with van der Waals surface area (Å²) < 4.78 is 0. The lowest BCUT2D eigenvalue weighted by molar-refractivity contribution is 0.278. The van der Waals surface area contributed by atoms with E-state index >= 15 is 0 Å². The number of nitrogens with one attached hydrogen (secondary N) is 1. The van der Waals surface area contributed by atoms with Gasteiger partial charge in [0.15, 0.2) is 0 Å². The van der Waals surface area contributed by atoms with Gasteiger partial charge in [-0.1, -0.05) is 36.4 Å². The van der Waals surface area contributed by atoms with Crippen LogP contribution < -0.4 is 5.32 Å². The van der Waals surface area contributed by atoms with Gasteiger partial charge in [0.25, 0.3) is 0 Å². The maximum Gasteiger partial charge on any atom is 0.0605 e. The van der Waals surface area contributed by atoms with Gasteiger partial charge in [-0.25, -0.2) is 0 Å². The van der Waals surface area contributed by atoms with Gasteiger partial charge in [0, 0.05) is 18.8 Å². The molecule has 0 saturated heterocycles. The summed E-state index contributed by atoms with van der Waals surface area (Å²) in [6.07, 6.45) is 4.19. The molecule has 0 radical (unpaired) electrons. The molecule has 2 unspecified atom stereocenters. The number of hydrogen-bond acceptors (Lipinski definition) is 3. The van der Waals surface area contributed by atoms with Crippen molar-refractivity contribution in [1.82, 2.24) is 15.2 Å². The van der Waals surface area contributed by atoms with Gasteiger partial charge in [-0.15, -0.1) is 0 Å². The van der Waals surface area contributed by atoms with Gasteiger partial charge in [-0.2, -0.15) is 0 Å². The first-order chi connectivity index (χ1) is 10.3. The van der Waals surface area contributed by atoms with Crippen molar-refractivity contribution in [2.24, 2.45) is 0 Å². The normalized spacial score (nSPS) is 18.7. The molecule has 0 fully saturated rings. The van der Waals surface area contributed by atoms with Gasteiger partial charge >= 0.3 is 0 Å². The Bertz CT molecular complexity index is 580. The third kappa shape index (κ3) is 3.14. The summed E-state index contributed by atoms with van der Waals surface area (Å²) in [5.41, 5.74) is 3.99. The summed E-state index contributed by atoms with van der Waals surface area (Å²) in [6.45, 7) is 0.942. The predicted molar refractivity (Wildman–Crippen MR) is 86.2 cm³/mol. The molecule has 1 aromatic heterocycles. The van der Waals surface area contributed by atoms with Crippen molar-refractivity contribution in [2.45, 2.75) is 24.9 Å². The number of rotatable bonds is 5. The van der Waals surface area contributed by atoms with Crippen LogP contribution in [-0.2, 0) is 6.42 Å². The van der Waals surface area contributed by atoms with Gasteiger partial charge < -0.3 is 10.2 Å². The molecular weight excluding hydrogens is 258 g/mol. The molecule has 3 nitrogen and oxygen atoms in total. The Hall–Kier alpha value is -1.71. The number of hydrogen-bond donors (Lipinski definition) is 1. The first-order valence-electron chi connectivity index (χ1n) is 7.64. The molecule has 21 heavy (non-hydrogen) atoms. The van der Waals surface area contributed by atoms with Crippen LogP contribution in [0.15, 0.2) is 48.7 Å². The molecule has 0 bridgehead atoms. The Balaban J connectivity index is 1.69. The van der Waals surface area contributed by atoms with Crippen molar-refractivity contribution in [2.75, 3.05) is 20.6 Å². The Labute approximate surface area is 127 Å². The summed E-state index contributed by atoms with van der Waals surface area (Å²) in [5.74, 6) is 0. The van der Waals surface area contributed by atoms with Gasteiger partial charge in [0.05, 0.1) is 11.7 Å². The van der Waals surface area contributed by atoms with Crippen molar-refractivity contribution in [3.8, 4) is 0 Å². The van der Waals surface area contributed by atoms with Crippen LogP contribution in [0.3, 0.4) is 0 Å². The first-order valence-corrected chi connectivity index (χ1v) is 7.64. The summed E-state index contributed by atoms with van der Waals surface area (Å²) in [4.78, 5) is 6.83. The molecule has 110 valence electrons. The minimum atomic E-state index is 0.388. The van der Waals surface area contributed by atoms with Crippen molar-refractivity contribution >= 4 is 0 Å². The zero-order valence-corrected chi connectivity index (χ0v) is 12.8. The zero-order chi connectivity index (χ0) is 14.7. The number of fused-ring (bicyclic) bond motifs is 1. The van der Waals surface area contributed by atoms with Gasteiger partial charge in [-0.05, 0) is 44.1 Å². The molecule has 2 atom stereocenters. The van der Waals surface area contributed by atoms with Gasteiger partial charge in [0.2, 0.25) is 0 Å². The average molecular weight is 281 g/mol. The van der Waals surface area contributed by atoms with E-state index in [-0.39, 0.29) is 0 Å². The second-order valence-electron chi connectivity index (χ2n) is 5.94. The standard InChI is InChI=1S/C18H23N3/c1-21(2)17(14-7-4-3-5-8-14)13-20-16-11-10-15-9-6-12-19-18(15)16/h3-9,12,16-17,20H,10-11,13H2,1-2H3. The average Bonchev–Trinajstić information content (AvgIpc) is 2.92. The van der Waals surface area contributed by atoms with Crippen LogP contribution in [0.25, 0.3) is 0 Å². The van der Waals surface area contributed by atoms with E-state index in [1.807, 2.05) is 12.3 Å². The van der Waals surface area contributed by atoms with E-state index < -0.39 is 0 Å². The lowest BCUT2D eigenvalue weighted by Crippen LogP contribution is -2.32. The number of nitrogens with zero attached hydrogens (tertiary/aromatic N) is 2. The van der Waals surface area contributed by atoms with Crippen LogP contribution in [0.2, 0.25) is 0 Å². The maximum absolute atomic E-state index is 4.56. The van der Waals surface area contributed by atoms with E-state index in [2.05, 4.69) is 65.7 Å². The highest BCUT2D eigenvalue weighted by molar-refractivity contribution is 5.28. The van der Waals surface area contributed by atoms with Crippen LogP contribution in [0, 0.1) is 0 Å². The number of aromatic nitrogens is 1. The molecule has 0 aliphatic heterocycles. The minimum absolute atomic E-state index is 0.388. The molecule has 0 saturated carbocycles. The predicted octanol–water partition coefficient (Wildman–Crippen LogP) is 2.96. The molecule has 1 heterocycles. The van der Waals surface area contributed by atoms with Gasteiger partial charge in [0.1, 0.15) is 0 Å². The van der Waals surface area contributed by atoms with Crippen LogP contribution >= 0.6 is 0 Å². The van der Waals surface area contributed by atoms with Crippen LogP contribution in [0.1, 0.15) is 35.3 Å². The smallest absolute Gasteiger partial charge is 0.0605 e. The number of pyridine rings is 1. The number of benzene rings is 1. The topological polar surface area (TPSA) is 28.2 Å². The van der Waals surface area contributed by atoms with E-state index in [1.165, 1.54) is 16.8 Å². The fourth-order valence-corrected chi connectivity index (χ4v) is 3.14. The molecule has 1 aromatic carbocycles. The molecule has 0 spiro atoms. The van der Waals surface area contributed by atoms with E-state index in [0.29, 0.717) is 12.1 Å². The van der Waals surface area contributed by atoms with Crippen molar-refractivity contribution in [3.63, 3.8) is 0 Å². The number of likely N-dealkylation sites (N-methyl/N-ethyl adjacent to an activating group) is 1. The summed E-state index contributed by atoms with van der Waals surface area (Å²) in [5, 5.41) is 3.71. The highest BCUT2D eigenvalue weighted by Crippen LogP contribution is 2.29. The molecule has 0 amide bonds. The third-order valence-electron chi connectivity index (χ3n) is 4.32. The summed E-state index contributed by atoms with van der Waals surface area (Å²) >= 11 is 0. The van der Waals surface area contributed by atoms with Crippen LogP contribution in [0.4, 0.5) is 0 Å². The van der Waals surface area contributed by atoms with Crippen molar-refractivity contribution in [3.05, 3.63) is 65.5 Å². The fraction of sp³-hybridized carbons (Fsp3) is 0.389. The molecule has 1 N–H and O–H groups in total. The molecule has 2 aromatic rings. The molecular formula is C18H23N3. The Kier molecular flexibility index (Phi) is 4.32. The summed E-state index contributed by atoms with van der Waals surface area (Å²) in [7, 11) is 4.28. The van der Waals surface area contributed by atoms with E-state index in [4.69, 9.17) is 0 Å². The van der Waals surface area contributed by atoms with E-state index in [1.54, 1.807) is 0 Å². The maximum atomic E-state index is 4.56. The van der Waals surface area contributed by atoms with E-state index in [0.717, 1.165) is 19.4 Å². The molecule has 1 aliphatic carbocycles. The van der Waals surface area contributed by atoms with Gasteiger partial charge in [-0.3, -0.25) is 4.98 Å².